The first kappa shape index (κ1) is 25.3. The second kappa shape index (κ2) is 10.3. The van der Waals surface area contributed by atoms with Crippen LogP contribution >= 0.6 is 0 Å². The third-order valence-corrected chi connectivity index (χ3v) is 7.71. The molecule has 0 saturated carbocycles. The maximum Gasteiger partial charge on any atom is 0.266 e. The van der Waals surface area contributed by atoms with Gasteiger partial charge >= 0.3 is 0 Å². The Morgan fingerprint density at radius 3 is 2.51 bits per heavy atom. The fraction of sp³-hybridized carbons (Fsp3) is 0.481. The van der Waals surface area contributed by atoms with Crippen LogP contribution in [0.15, 0.2) is 30.7 Å². The van der Waals surface area contributed by atoms with E-state index in [4.69, 9.17) is 0 Å². The summed E-state index contributed by atoms with van der Waals surface area (Å²) in [6.45, 7) is 6.82. The van der Waals surface area contributed by atoms with Crippen LogP contribution in [0.5, 0.6) is 0 Å². The molecule has 3 aromatic heterocycles. The van der Waals surface area contributed by atoms with Gasteiger partial charge in [-0.25, -0.2) is 18.7 Å². The van der Waals surface area contributed by atoms with E-state index in [1.165, 1.54) is 18.6 Å². The average Bonchev–Trinajstić information content (AvgIpc) is 3.71. The van der Waals surface area contributed by atoms with Crippen molar-refractivity contribution >= 4 is 22.9 Å². The third kappa shape index (κ3) is 4.83. The number of hydrogen-bond acceptors (Lipinski definition) is 7. The topological polar surface area (TPSA) is 97.9 Å². The molecule has 0 atom stereocenters. The molecule has 2 aliphatic rings. The summed E-state index contributed by atoms with van der Waals surface area (Å²) in [6, 6.07) is 4.69. The molecule has 2 fully saturated rings. The predicted octanol–water partition coefficient (Wildman–Crippen LogP) is 3.95. The van der Waals surface area contributed by atoms with Gasteiger partial charge in [0.15, 0.2) is 5.82 Å². The molecule has 6 rings (SSSR count). The fourth-order valence-corrected chi connectivity index (χ4v) is 5.53. The van der Waals surface area contributed by atoms with Crippen molar-refractivity contribution in [3.63, 3.8) is 0 Å². The molecule has 5 heterocycles. The highest BCUT2D eigenvalue weighted by Gasteiger charge is 2.27. The Bertz CT molecular complexity index is 1500. The van der Waals surface area contributed by atoms with E-state index in [9.17, 15) is 4.79 Å². The Hall–Kier alpha value is -3.96. The van der Waals surface area contributed by atoms with Gasteiger partial charge in [-0.3, -0.25) is 4.79 Å². The Labute approximate surface area is 224 Å². The second-order valence-electron chi connectivity index (χ2n) is 10.6. The predicted molar refractivity (Wildman–Crippen MR) is 141 cm³/mol. The van der Waals surface area contributed by atoms with Crippen molar-refractivity contribution in [3.05, 3.63) is 59.2 Å². The lowest BCUT2D eigenvalue weighted by molar-refractivity contribution is 0.0792. The van der Waals surface area contributed by atoms with Gasteiger partial charge in [0.25, 0.3) is 11.9 Å². The number of fused-ring (bicyclic) bond motifs is 1. The summed E-state index contributed by atoms with van der Waals surface area (Å²) in [5, 5.41) is 13.0. The van der Waals surface area contributed by atoms with Gasteiger partial charge in [0.05, 0.1) is 17.1 Å². The summed E-state index contributed by atoms with van der Waals surface area (Å²) in [7, 11) is 0. The minimum absolute atomic E-state index is 0.0452. The molecule has 0 spiro atoms. The van der Waals surface area contributed by atoms with Crippen molar-refractivity contribution in [3.8, 4) is 0 Å². The summed E-state index contributed by atoms with van der Waals surface area (Å²) in [4.78, 5) is 26.8. The number of halogens is 2. The molecule has 0 aliphatic carbocycles. The minimum atomic E-state index is -0.498. The number of rotatable bonds is 6. The van der Waals surface area contributed by atoms with Gasteiger partial charge in [-0.1, -0.05) is 11.2 Å². The zero-order valence-electron chi connectivity index (χ0n) is 22.1. The van der Waals surface area contributed by atoms with Crippen LogP contribution in [0.2, 0.25) is 0 Å². The lowest BCUT2D eigenvalue weighted by Crippen LogP contribution is -2.35. The number of carbonyl (C=O) groups is 1. The Balaban J connectivity index is 1.20. The van der Waals surface area contributed by atoms with Crippen molar-refractivity contribution in [2.24, 2.45) is 0 Å². The number of aromatic nitrogens is 7. The van der Waals surface area contributed by atoms with Crippen LogP contribution in [0.4, 0.5) is 14.7 Å². The maximum absolute atomic E-state index is 15.3. The Morgan fingerprint density at radius 1 is 1.05 bits per heavy atom. The summed E-state index contributed by atoms with van der Waals surface area (Å²) >= 11 is 0. The van der Waals surface area contributed by atoms with Crippen LogP contribution in [0.3, 0.4) is 0 Å². The highest BCUT2D eigenvalue weighted by atomic mass is 19.1. The highest BCUT2D eigenvalue weighted by molar-refractivity contribution is 5.94. The molecule has 2 saturated heterocycles. The van der Waals surface area contributed by atoms with Gasteiger partial charge in [-0.2, -0.15) is 4.80 Å². The Morgan fingerprint density at radius 2 is 1.82 bits per heavy atom. The van der Waals surface area contributed by atoms with E-state index in [0.717, 1.165) is 25.7 Å². The normalized spacial score (nSPS) is 16.6. The molecular formula is C27H31F2N9O. The number of likely N-dealkylation sites (tertiary alicyclic amines) is 1. The number of nitrogens with zero attached hydrogens (tertiary/aromatic N) is 9. The van der Waals surface area contributed by atoms with Crippen LogP contribution < -0.4 is 4.90 Å². The van der Waals surface area contributed by atoms with E-state index < -0.39 is 11.6 Å². The molecule has 2 aliphatic heterocycles. The van der Waals surface area contributed by atoms with Gasteiger partial charge in [0, 0.05) is 50.4 Å². The maximum atomic E-state index is 15.3. The van der Waals surface area contributed by atoms with E-state index in [-0.39, 0.29) is 24.4 Å². The van der Waals surface area contributed by atoms with Gasteiger partial charge in [-0.15, -0.1) is 5.10 Å². The first-order valence-electron chi connectivity index (χ1n) is 13.5. The van der Waals surface area contributed by atoms with Gasteiger partial charge in [0.1, 0.15) is 17.8 Å². The quantitative estimate of drug-likeness (QED) is 0.369. The monoisotopic (exact) mass is 535 g/mol. The fourth-order valence-electron chi connectivity index (χ4n) is 5.53. The molecular weight excluding hydrogens is 504 g/mol. The summed E-state index contributed by atoms with van der Waals surface area (Å²) in [5.41, 5.74) is 1.61. The molecule has 1 amide bonds. The smallest absolute Gasteiger partial charge is 0.266 e. The SMILES string of the molecule is CC(C)n1nnc(N2CCC(n3cc(F)c4c(Cc5ccc(C(=O)N6CCCC6)cc5F)ncnc43)CC2)n1. The highest BCUT2D eigenvalue weighted by Crippen LogP contribution is 2.31. The van der Waals surface area contributed by atoms with Crippen LogP contribution in [-0.2, 0) is 6.42 Å². The third-order valence-electron chi connectivity index (χ3n) is 7.71. The first-order valence-corrected chi connectivity index (χ1v) is 13.5. The van der Waals surface area contributed by atoms with E-state index in [0.29, 0.717) is 60.0 Å². The summed E-state index contributed by atoms with van der Waals surface area (Å²) in [6.07, 6.45) is 6.45. The largest absolute Gasteiger partial charge is 0.339 e. The number of anilines is 1. The average molecular weight is 536 g/mol. The molecule has 0 unspecified atom stereocenters. The van der Waals surface area contributed by atoms with Crippen LogP contribution in [0, 0.1) is 11.6 Å². The van der Waals surface area contributed by atoms with Crippen molar-refractivity contribution in [1.82, 2.24) is 39.6 Å². The van der Waals surface area contributed by atoms with Crippen molar-refractivity contribution in [1.29, 1.82) is 0 Å². The van der Waals surface area contributed by atoms with Crippen molar-refractivity contribution < 1.29 is 13.6 Å². The van der Waals surface area contributed by atoms with Gasteiger partial charge in [0.2, 0.25) is 0 Å². The number of carbonyl (C=O) groups excluding carboxylic acids is 1. The Kier molecular flexibility index (Phi) is 6.69. The first-order chi connectivity index (χ1) is 18.9. The van der Waals surface area contributed by atoms with Gasteiger partial charge in [-0.05, 0) is 62.4 Å². The number of piperidine rings is 1. The van der Waals surface area contributed by atoms with Crippen molar-refractivity contribution in [2.75, 3.05) is 31.1 Å². The summed E-state index contributed by atoms with van der Waals surface area (Å²) in [5.74, 6) is -0.477. The minimum Gasteiger partial charge on any atom is -0.339 e. The molecule has 39 heavy (non-hydrogen) atoms. The van der Waals surface area contributed by atoms with E-state index >= 15 is 8.78 Å². The zero-order chi connectivity index (χ0) is 27.1. The number of hydrogen-bond donors (Lipinski definition) is 0. The van der Waals surface area contributed by atoms with Crippen LogP contribution in [0.25, 0.3) is 11.0 Å². The lowest BCUT2D eigenvalue weighted by atomic mass is 10.0. The molecule has 12 heteroatoms. The lowest BCUT2D eigenvalue weighted by Gasteiger charge is -2.31. The van der Waals surface area contributed by atoms with Crippen LogP contribution in [-0.4, -0.2) is 71.7 Å². The van der Waals surface area contributed by atoms with Gasteiger partial charge < -0.3 is 14.4 Å². The molecule has 204 valence electrons. The molecule has 0 N–H and O–H groups in total. The molecule has 0 bridgehead atoms. The number of tetrazole rings is 1. The number of amides is 1. The number of benzene rings is 1. The summed E-state index contributed by atoms with van der Waals surface area (Å²) < 4.78 is 32.2. The van der Waals surface area contributed by atoms with Crippen molar-refractivity contribution in [2.45, 2.75) is 58.0 Å². The molecule has 10 nitrogen and oxygen atoms in total. The van der Waals surface area contributed by atoms with E-state index in [1.807, 2.05) is 18.4 Å². The molecule has 0 radical (unpaired) electrons. The molecule has 4 aromatic rings. The standard InChI is InChI=1S/C27H31F2N9O/c1-17(2)38-33-27(32-34-38)36-11-7-20(8-12-36)37-15-22(29)24-23(30-16-31-25(24)37)14-18-5-6-19(13-21(18)28)26(39)35-9-3-4-10-35/h5-6,13,15-17,20H,3-4,7-12,14H2,1-2H3. The second-order valence-corrected chi connectivity index (χ2v) is 10.6. The van der Waals surface area contributed by atoms with E-state index in [1.54, 1.807) is 21.8 Å². The van der Waals surface area contributed by atoms with E-state index in [2.05, 4.69) is 30.3 Å². The molecule has 1 aromatic carbocycles. The zero-order valence-corrected chi connectivity index (χ0v) is 22.1. The van der Waals surface area contributed by atoms with Crippen LogP contribution in [0.1, 0.15) is 73.2 Å².